The second-order valence-electron chi connectivity index (χ2n) is 3.85. The Morgan fingerprint density at radius 1 is 1.13 bits per heavy atom. The maximum Gasteiger partial charge on any atom is 0.0900 e. The summed E-state index contributed by atoms with van der Waals surface area (Å²) >= 11 is 3.63. The summed E-state index contributed by atoms with van der Waals surface area (Å²) in [4.78, 5) is 7.36. The van der Waals surface area contributed by atoms with Gasteiger partial charge in [-0.25, -0.2) is 4.98 Å². The van der Waals surface area contributed by atoms with Crippen LogP contribution < -0.4 is 0 Å². The fourth-order valence-electron chi connectivity index (χ4n) is 1.65. The highest BCUT2D eigenvalue weighted by Gasteiger charge is 2.09. The van der Waals surface area contributed by atoms with Crippen molar-refractivity contribution in [1.29, 1.82) is 0 Å². The van der Waals surface area contributed by atoms with Gasteiger partial charge in [-0.15, -0.1) is 22.7 Å². The Bertz CT molecular complexity index is 480. The van der Waals surface area contributed by atoms with Crippen LogP contribution in [-0.4, -0.2) is 4.98 Å². The van der Waals surface area contributed by atoms with Crippen molar-refractivity contribution in [3.05, 3.63) is 37.0 Å². The molecular weight excluding hydrogens is 222 g/mol. The Labute approximate surface area is 98.8 Å². The molecule has 0 amide bonds. The van der Waals surface area contributed by atoms with Gasteiger partial charge in [0.25, 0.3) is 0 Å². The highest BCUT2D eigenvalue weighted by molar-refractivity contribution is 7.11. The number of thiazole rings is 1. The van der Waals surface area contributed by atoms with Crippen molar-refractivity contribution in [2.75, 3.05) is 0 Å². The van der Waals surface area contributed by atoms with Crippen LogP contribution in [0.15, 0.2) is 5.38 Å². The van der Waals surface area contributed by atoms with Gasteiger partial charge in [0.2, 0.25) is 0 Å². The molecule has 0 atom stereocenters. The third-order valence-corrected chi connectivity index (χ3v) is 4.74. The lowest BCUT2D eigenvalue weighted by atomic mass is 10.1. The molecule has 15 heavy (non-hydrogen) atoms. The molecule has 0 radical (unpaired) electrons. The van der Waals surface area contributed by atoms with Gasteiger partial charge < -0.3 is 0 Å². The molecule has 2 aromatic rings. The van der Waals surface area contributed by atoms with E-state index in [1.807, 2.05) is 11.3 Å². The third-order valence-electron chi connectivity index (χ3n) is 2.75. The predicted molar refractivity (Wildman–Crippen MR) is 68.2 cm³/mol. The Balaban J connectivity index is 2.29. The van der Waals surface area contributed by atoms with Gasteiger partial charge >= 0.3 is 0 Å². The van der Waals surface area contributed by atoms with Gasteiger partial charge in [0, 0.05) is 16.2 Å². The lowest BCUT2D eigenvalue weighted by Crippen LogP contribution is -1.91. The van der Waals surface area contributed by atoms with Crippen molar-refractivity contribution in [2.24, 2.45) is 0 Å². The molecule has 2 heterocycles. The van der Waals surface area contributed by atoms with E-state index in [9.17, 15) is 0 Å². The van der Waals surface area contributed by atoms with Gasteiger partial charge in [-0.2, -0.15) is 0 Å². The largest absolute Gasteiger partial charge is 0.246 e. The number of hydrogen-bond acceptors (Lipinski definition) is 3. The number of thiophene rings is 1. The van der Waals surface area contributed by atoms with Crippen LogP contribution in [0, 0.1) is 27.7 Å². The second-order valence-corrected chi connectivity index (χ2v) is 6.35. The number of hydrogen-bond donors (Lipinski definition) is 0. The van der Waals surface area contributed by atoms with Crippen LogP contribution in [0.2, 0.25) is 0 Å². The van der Waals surface area contributed by atoms with Gasteiger partial charge in [-0.05, 0) is 44.2 Å². The van der Waals surface area contributed by atoms with E-state index in [0.29, 0.717) is 0 Å². The summed E-state index contributed by atoms with van der Waals surface area (Å²) in [7, 11) is 0. The zero-order valence-corrected chi connectivity index (χ0v) is 11.2. The third kappa shape index (κ3) is 2.13. The lowest BCUT2D eigenvalue weighted by Gasteiger charge is -1.99. The van der Waals surface area contributed by atoms with Crippen molar-refractivity contribution in [3.8, 4) is 0 Å². The highest BCUT2D eigenvalue weighted by atomic mass is 32.1. The molecule has 0 N–H and O–H groups in total. The number of aryl methyl sites for hydroxylation is 3. The van der Waals surface area contributed by atoms with Crippen molar-refractivity contribution in [1.82, 2.24) is 4.98 Å². The summed E-state index contributed by atoms with van der Waals surface area (Å²) in [6.07, 6.45) is 0.992. The van der Waals surface area contributed by atoms with Gasteiger partial charge in [-0.1, -0.05) is 0 Å². The van der Waals surface area contributed by atoms with Crippen molar-refractivity contribution >= 4 is 22.7 Å². The molecule has 0 aromatic carbocycles. The molecular formula is C12H15NS2. The van der Waals surface area contributed by atoms with E-state index in [1.54, 1.807) is 11.3 Å². The molecule has 0 saturated carbocycles. The Morgan fingerprint density at radius 2 is 1.87 bits per heavy atom. The molecule has 0 aliphatic carbocycles. The summed E-state index contributed by atoms with van der Waals surface area (Å²) in [5.74, 6) is 0. The normalized spacial score (nSPS) is 10.9. The van der Waals surface area contributed by atoms with Gasteiger partial charge in [0.15, 0.2) is 0 Å². The molecule has 2 aromatic heterocycles. The SMILES string of the molecule is Cc1nc(Cc2csc(C)c2C)c(C)s1. The first-order valence-corrected chi connectivity index (χ1v) is 6.74. The Hall–Kier alpha value is -0.670. The van der Waals surface area contributed by atoms with Crippen LogP contribution in [0.5, 0.6) is 0 Å². The predicted octanol–water partition coefficient (Wildman–Crippen LogP) is 4.03. The van der Waals surface area contributed by atoms with Crippen LogP contribution in [0.4, 0.5) is 0 Å². The Kier molecular flexibility index (Phi) is 2.94. The average molecular weight is 237 g/mol. The molecule has 0 aliphatic rings. The van der Waals surface area contributed by atoms with Gasteiger partial charge in [0.1, 0.15) is 0 Å². The van der Waals surface area contributed by atoms with Crippen molar-refractivity contribution in [3.63, 3.8) is 0 Å². The van der Waals surface area contributed by atoms with Gasteiger partial charge in [-0.3, -0.25) is 0 Å². The zero-order chi connectivity index (χ0) is 11.0. The average Bonchev–Trinajstić information content (AvgIpc) is 2.64. The molecule has 80 valence electrons. The Morgan fingerprint density at radius 3 is 2.33 bits per heavy atom. The first-order valence-electron chi connectivity index (χ1n) is 5.04. The summed E-state index contributed by atoms with van der Waals surface area (Å²) < 4.78 is 0. The monoisotopic (exact) mass is 237 g/mol. The summed E-state index contributed by atoms with van der Waals surface area (Å²) in [5, 5.41) is 3.44. The van der Waals surface area contributed by atoms with Crippen LogP contribution >= 0.6 is 22.7 Å². The van der Waals surface area contributed by atoms with Crippen LogP contribution in [-0.2, 0) is 6.42 Å². The fourth-order valence-corrected chi connectivity index (χ4v) is 3.37. The van der Waals surface area contributed by atoms with Crippen LogP contribution in [0.25, 0.3) is 0 Å². The summed E-state index contributed by atoms with van der Waals surface area (Å²) in [6.45, 7) is 8.62. The molecule has 0 spiro atoms. The maximum absolute atomic E-state index is 4.58. The number of aromatic nitrogens is 1. The van der Waals surface area contributed by atoms with E-state index in [4.69, 9.17) is 0 Å². The minimum atomic E-state index is 0.992. The smallest absolute Gasteiger partial charge is 0.0900 e. The highest BCUT2D eigenvalue weighted by Crippen LogP contribution is 2.25. The molecule has 0 saturated heterocycles. The van der Waals surface area contributed by atoms with Gasteiger partial charge in [0.05, 0.1) is 10.7 Å². The molecule has 2 rings (SSSR count). The van der Waals surface area contributed by atoms with E-state index in [-0.39, 0.29) is 0 Å². The topological polar surface area (TPSA) is 12.9 Å². The molecule has 3 heteroatoms. The van der Waals surface area contributed by atoms with E-state index in [2.05, 4.69) is 38.1 Å². The molecule has 0 aliphatic heterocycles. The fraction of sp³-hybridized carbons (Fsp3) is 0.417. The molecule has 1 nitrogen and oxygen atoms in total. The molecule has 0 unspecified atom stereocenters. The minimum Gasteiger partial charge on any atom is -0.246 e. The summed E-state index contributed by atoms with van der Waals surface area (Å²) in [5.41, 5.74) is 4.12. The van der Waals surface area contributed by atoms with Crippen molar-refractivity contribution in [2.45, 2.75) is 34.1 Å². The van der Waals surface area contributed by atoms with Crippen molar-refractivity contribution < 1.29 is 0 Å². The summed E-state index contributed by atoms with van der Waals surface area (Å²) in [6, 6.07) is 0. The number of rotatable bonds is 2. The second kappa shape index (κ2) is 4.06. The first kappa shape index (κ1) is 10.8. The quantitative estimate of drug-likeness (QED) is 0.768. The van der Waals surface area contributed by atoms with E-state index in [1.165, 1.54) is 31.6 Å². The maximum atomic E-state index is 4.58. The van der Waals surface area contributed by atoms with Crippen LogP contribution in [0.1, 0.15) is 31.6 Å². The van der Waals surface area contributed by atoms with E-state index in [0.717, 1.165) is 6.42 Å². The molecule has 0 fully saturated rings. The standard InChI is InChI=1S/C12H15NS2/c1-7-8(2)14-6-11(7)5-12-9(3)15-10(4)13-12/h6H,5H2,1-4H3. The molecule has 0 bridgehead atoms. The van der Waals surface area contributed by atoms with E-state index < -0.39 is 0 Å². The lowest BCUT2D eigenvalue weighted by molar-refractivity contribution is 1.06. The minimum absolute atomic E-state index is 0.992. The number of nitrogens with zero attached hydrogens (tertiary/aromatic N) is 1. The van der Waals surface area contributed by atoms with E-state index >= 15 is 0 Å². The first-order chi connectivity index (χ1) is 7.08. The van der Waals surface area contributed by atoms with Crippen LogP contribution in [0.3, 0.4) is 0 Å². The zero-order valence-electron chi connectivity index (χ0n) is 9.55.